The van der Waals surface area contributed by atoms with Crippen LogP contribution in [-0.2, 0) is 13.8 Å². The Balaban J connectivity index is 2.05. The number of hydrogen-bond acceptors (Lipinski definition) is 9. The highest BCUT2D eigenvalue weighted by Crippen LogP contribution is 2.35. The summed E-state index contributed by atoms with van der Waals surface area (Å²) in [7, 11) is -2.92. The largest absolute Gasteiger partial charge is 0.694 e. The third-order valence-electron chi connectivity index (χ3n) is 3.54. The van der Waals surface area contributed by atoms with Crippen LogP contribution in [0.4, 0.5) is 5.95 Å². The minimum atomic E-state index is -2.92. The second-order valence-electron chi connectivity index (χ2n) is 4.96. The Bertz CT molecular complexity index is 922. The van der Waals surface area contributed by atoms with Crippen LogP contribution in [0.5, 0.6) is 0 Å². The second-order valence-corrected chi connectivity index (χ2v) is 5.69. The molecule has 0 saturated carbocycles. The quantitative estimate of drug-likeness (QED) is 0.227. The lowest BCUT2D eigenvalue weighted by Crippen LogP contribution is -2.33. The van der Waals surface area contributed by atoms with Gasteiger partial charge in [-0.1, -0.05) is 0 Å². The molecule has 0 radical (unpaired) electrons. The summed E-state index contributed by atoms with van der Waals surface area (Å²) in [5.41, 5.74) is 7.85. The van der Waals surface area contributed by atoms with Gasteiger partial charge < -0.3 is 19.9 Å². The molecule has 15 heteroatoms. The van der Waals surface area contributed by atoms with Crippen molar-refractivity contribution in [1.82, 2.24) is 19.5 Å². The molecule has 1 aliphatic heterocycles. The average molecular weight is 372 g/mol. The minimum absolute atomic E-state index is 0.0443. The molecule has 2 aromatic rings. The summed E-state index contributed by atoms with van der Waals surface area (Å²) < 4.78 is 21.6. The zero-order valence-electron chi connectivity index (χ0n) is 12.2. The number of imidazole rings is 1. The molecule has 1 aliphatic rings. The van der Waals surface area contributed by atoms with Crippen LogP contribution in [0.25, 0.3) is 21.6 Å². The maximum absolute atomic E-state index is 11.8. The van der Waals surface area contributed by atoms with Crippen LogP contribution in [0.3, 0.4) is 0 Å². The Morgan fingerprint density at radius 2 is 2.28 bits per heavy atom. The van der Waals surface area contributed by atoms with Gasteiger partial charge in [0.05, 0.1) is 6.33 Å². The molecule has 2 aromatic heterocycles. The number of nitrogens with one attached hydrogen (secondary N) is 1. The monoisotopic (exact) mass is 372 g/mol. The predicted octanol–water partition coefficient (Wildman–Crippen LogP) is -0.653. The van der Waals surface area contributed by atoms with Gasteiger partial charge in [-0.25, -0.2) is 9.97 Å². The van der Waals surface area contributed by atoms with E-state index in [1.54, 1.807) is 0 Å². The zero-order chi connectivity index (χ0) is 18.1. The first-order chi connectivity index (χ1) is 11.9. The normalized spacial score (nSPS) is 26.6. The van der Waals surface area contributed by atoms with Gasteiger partial charge in [-0.15, -0.1) is 9.42 Å². The van der Waals surface area contributed by atoms with Gasteiger partial charge in [0.15, 0.2) is 17.4 Å². The summed E-state index contributed by atoms with van der Waals surface area (Å²) in [6.07, 6.45) is -4.39. The van der Waals surface area contributed by atoms with E-state index in [2.05, 4.69) is 29.5 Å². The average Bonchev–Trinajstić information content (AvgIpc) is 3.06. The fourth-order valence-electron chi connectivity index (χ4n) is 2.47. The number of hydrogen-bond donors (Lipinski definition) is 4. The Morgan fingerprint density at radius 3 is 2.96 bits per heavy atom. The van der Waals surface area contributed by atoms with Crippen molar-refractivity contribution in [2.24, 2.45) is 5.11 Å². The van der Waals surface area contributed by atoms with E-state index < -0.39 is 45.0 Å². The summed E-state index contributed by atoms with van der Waals surface area (Å²) in [5, 5.41) is 23.6. The van der Waals surface area contributed by atoms with Gasteiger partial charge in [0.25, 0.3) is 5.56 Å². The second kappa shape index (κ2) is 6.82. The molecule has 3 heterocycles. The fraction of sp³-hybridized carbons (Fsp3) is 0.500. The van der Waals surface area contributed by atoms with Crippen LogP contribution in [0, 0.1) is 0 Å². The number of rotatable bonds is 5. The van der Waals surface area contributed by atoms with Crippen LogP contribution >= 0.6 is 8.25 Å². The minimum Gasteiger partial charge on any atom is -0.387 e. The van der Waals surface area contributed by atoms with E-state index in [9.17, 15) is 19.6 Å². The molecule has 0 amide bonds. The number of nitrogens with zero attached hydrogens (tertiary/aromatic N) is 6. The van der Waals surface area contributed by atoms with Crippen LogP contribution in [-0.4, -0.2) is 59.5 Å². The molecule has 0 bridgehead atoms. The molecular formula is C10H11N7O7P+. The predicted molar refractivity (Wildman–Crippen MR) is 78.7 cm³/mol. The number of H-pyrrole nitrogens is 1. The highest BCUT2D eigenvalue weighted by Gasteiger charge is 2.46. The van der Waals surface area contributed by atoms with Crippen molar-refractivity contribution in [2.75, 3.05) is 6.61 Å². The third-order valence-corrected chi connectivity index (χ3v) is 3.91. The highest BCUT2D eigenvalue weighted by molar-refractivity contribution is 7.32. The molecule has 1 unspecified atom stereocenters. The lowest BCUT2D eigenvalue weighted by molar-refractivity contribution is -0.0467. The SMILES string of the molecule is [N-]=[N+]=Nc1nc2c(=O)[nH]cnc2n1[C@@H]1O[C@H](CO[P+](=O)O)[C@@H](O)[C@H]1O. The molecule has 1 fully saturated rings. The Labute approximate surface area is 138 Å². The molecule has 4 N–H and O–H groups in total. The van der Waals surface area contributed by atoms with E-state index >= 15 is 0 Å². The van der Waals surface area contributed by atoms with Crippen LogP contribution in [0.2, 0.25) is 0 Å². The van der Waals surface area contributed by atoms with E-state index in [0.717, 1.165) is 10.9 Å². The smallest absolute Gasteiger partial charge is 0.387 e. The van der Waals surface area contributed by atoms with Gasteiger partial charge >= 0.3 is 8.25 Å². The Hall–Kier alpha value is -2.44. The van der Waals surface area contributed by atoms with Gasteiger partial charge in [-0.3, -0.25) is 9.36 Å². The summed E-state index contributed by atoms with van der Waals surface area (Å²) in [6, 6.07) is 0. The highest BCUT2D eigenvalue weighted by atomic mass is 31.1. The Kier molecular flexibility index (Phi) is 4.74. The molecule has 0 spiro atoms. The Morgan fingerprint density at radius 1 is 1.52 bits per heavy atom. The van der Waals surface area contributed by atoms with Crippen molar-refractivity contribution in [3.8, 4) is 0 Å². The summed E-state index contributed by atoms with van der Waals surface area (Å²) in [5.74, 6) is -0.312. The molecule has 0 aromatic carbocycles. The number of aromatic amines is 1. The number of fused-ring (bicyclic) bond motifs is 1. The number of aliphatic hydroxyl groups excluding tert-OH is 2. The first-order valence-corrected chi connectivity index (χ1v) is 7.88. The molecular weight excluding hydrogens is 361 g/mol. The maximum atomic E-state index is 11.8. The summed E-state index contributed by atoms with van der Waals surface area (Å²) >= 11 is 0. The van der Waals surface area contributed by atoms with E-state index in [1.165, 1.54) is 0 Å². The summed E-state index contributed by atoms with van der Waals surface area (Å²) in [4.78, 5) is 33.1. The lowest BCUT2D eigenvalue weighted by atomic mass is 10.1. The van der Waals surface area contributed by atoms with Crippen molar-refractivity contribution in [2.45, 2.75) is 24.5 Å². The molecule has 132 valence electrons. The number of azide groups is 1. The van der Waals surface area contributed by atoms with E-state index in [-0.39, 0.29) is 17.1 Å². The standard InChI is InChI=1S/C10H10N7O7P/c11-16-15-10-14-4-7(12-2-13-8(4)20)17(10)9-6(19)5(18)3(24-9)1-23-25(21)22/h2-3,5-6,9,18-19H,1H2,(H-,12,13,20,21,22)/p+1/t3-,5-,6-,9-/m1/s1. The fourth-order valence-corrected chi connectivity index (χ4v) is 2.75. The molecule has 14 nitrogen and oxygen atoms in total. The van der Waals surface area contributed by atoms with Gasteiger partial charge in [0.2, 0.25) is 5.95 Å². The van der Waals surface area contributed by atoms with Gasteiger partial charge in [0.1, 0.15) is 24.9 Å². The van der Waals surface area contributed by atoms with Crippen molar-refractivity contribution in [1.29, 1.82) is 0 Å². The third kappa shape index (κ3) is 3.10. The summed E-state index contributed by atoms with van der Waals surface area (Å²) in [6.45, 7) is -0.474. The molecule has 25 heavy (non-hydrogen) atoms. The van der Waals surface area contributed by atoms with Crippen LogP contribution in [0.1, 0.15) is 6.23 Å². The number of aliphatic hydroxyl groups is 2. The zero-order valence-corrected chi connectivity index (χ0v) is 13.1. The van der Waals surface area contributed by atoms with E-state index in [1.807, 2.05) is 0 Å². The van der Waals surface area contributed by atoms with E-state index in [0.29, 0.717) is 0 Å². The molecule has 1 saturated heterocycles. The first kappa shape index (κ1) is 17.4. The van der Waals surface area contributed by atoms with Crippen molar-refractivity contribution < 1.29 is 28.9 Å². The van der Waals surface area contributed by atoms with Crippen molar-refractivity contribution in [3.63, 3.8) is 0 Å². The van der Waals surface area contributed by atoms with Gasteiger partial charge in [-0.05, 0) is 10.6 Å². The number of ether oxygens (including phenoxy) is 1. The van der Waals surface area contributed by atoms with Gasteiger partial charge in [-0.2, -0.15) is 0 Å². The van der Waals surface area contributed by atoms with Crippen LogP contribution < -0.4 is 5.56 Å². The van der Waals surface area contributed by atoms with Crippen LogP contribution in [0.15, 0.2) is 16.2 Å². The van der Waals surface area contributed by atoms with Gasteiger partial charge in [0, 0.05) is 9.48 Å². The number of aromatic nitrogens is 4. The van der Waals surface area contributed by atoms with Crippen molar-refractivity contribution >= 4 is 25.4 Å². The first-order valence-electron chi connectivity index (χ1n) is 6.75. The molecule has 0 aliphatic carbocycles. The molecule has 3 rings (SSSR count). The van der Waals surface area contributed by atoms with Crippen molar-refractivity contribution in [3.05, 3.63) is 27.1 Å². The topological polar surface area (TPSA) is 209 Å². The van der Waals surface area contributed by atoms with E-state index in [4.69, 9.17) is 15.2 Å². The lowest BCUT2D eigenvalue weighted by Gasteiger charge is -2.17. The maximum Gasteiger partial charge on any atom is 0.694 e. The molecule has 5 atom stereocenters.